The Kier molecular flexibility index (Phi) is 4.46. The molecule has 1 atom stereocenters. The van der Waals surface area contributed by atoms with Crippen LogP contribution in [0.25, 0.3) is 0 Å². The Bertz CT molecular complexity index is 175. The first kappa shape index (κ1) is 10.7. The van der Waals surface area contributed by atoms with Crippen LogP contribution in [0.2, 0.25) is 0 Å². The third kappa shape index (κ3) is 3.49. The summed E-state index contributed by atoms with van der Waals surface area (Å²) in [6, 6.07) is 0.702. The van der Waals surface area contributed by atoms with Gasteiger partial charge in [-0.05, 0) is 39.7 Å². The molecule has 1 unspecified atom stereocenters. The van der Waals surface area contributed by atoms with Crippen molar-refractivity contribution in [1.82, 2.24) is 4.90 Å². The SMILES string of the molecule is CC1=CCN(C(C)CCCN)CC1. The lowest BCUT2D eigenvalue weighted by molar-refractivity contribution is 0.213. The maximum Gasteiger partial charge on any atom is 0.0168 e. The first-order valence-corrected chi connectivity index (χ1v) is 5.33. The molecule has 2 heteroatoms. The van der Waals surface area contributed by atoms with E-state index in [1.807, 2.05) is 0 Å². The van der Waals surface area contributed by atoms with Crippen LogP contribution in [0.4, 0.5) is 0 Å². The highest BCUT2D eigenvalue weighted by Gasteiger charge is 2.14. The molecule has 0 spiro atoms. The van der Waals surface area contributed by atoms with E-state index in [0.29, 0.717) is 6.04 Å². The van der Waals surface area contributed by atoms with E-state index in [9.17, 15) is 0 Å². The van der Waals surface area contributed by atoms with E-state index in [4.69, 9.17) is 5.73 Å². The molecular formula is C11H22N2. The van der Waals surface area contributed by atoms with E-state index in [2.05, 4.69) is 24.8 Å². The molecule has 1 heterocycles. The molecule has 0 saturated carbocycles. The quantitative estimate of drug-likeness (QED) is 0.671. The molecule has 0 bridgehead atoms. The monoisotopic (exact) mass is 182 g/mol. The smallest absolute Gasteiger partial charge is 0.0168 e. The van der Waals surface area contributed by atoms with Crippen molar-refractivity contribution in [3.63, 3.8) is 0 Å². The standard InChI is InChI=1S/C11H22N2/c1-10-5-8-13(9-6-10)11(2)4-3-7-12/h5,11H,3-4,6-9,12H2,1-2H3. The summed E-state index contributed by atoms with van der Waals surface area (Å²) in [7, 11) is 0. The molecule has 1 rings (SSSR count). The van der Waals surface area contributed by atoms with Gasteiger partial charge < -0.3 is 5.73 Å². The van der Waals surface area contributed by atoms with Crippen molar-refractivity contribution in [3.05, 3.63) is 11.6 Å². The van der Waals surface area contributed by atoms with Crippen molar-refractivity contribution in [1.29, 1.82) is 0 Å². The lowest BCUT2D eigenvalue weighted by atomic mass is 10.1. The minimum absolute atomic E-state index is 0.702. The van der Waals surface area contributed by atoms with Gasteiger partial charge in [0.05, 0.1) is 0 Å². The van der Waals surface area contributed by atoms with E-state index in [0.717, 1.165) is 19.5 Å². The Balaban J connectivity index is 2.28. The van der Waals surface area contributed by atoms with Crippen molar-refractivity contribution >= 4 is 0 Å². The van der Waals surface area contributed by atoms with Crippen LogP contribution in [0.15, 0.2) is 11.6 Å². The first-order chi connectivity index (χ1) is 6.24. The second kappa shape index (κ2) is 5.40. The third-order valence-corrected chi connectivity index (χ3v) is 2.92. The molecule has 0 aromatic rings. The van der Waals surface area contributed by atoms with Crippen molar-refractivity contribution in [2.24, 2.45) is 5.73 Å². The highest BCUT2D eigenvalue weighted by atomic mass is 15.1. The molecule has 2 nitrogen and oxygen atoms in total. The third-order valence-electron chi connectivity index (χ3n) is 2.92. The zero-order valence-corrected chi connectivity index (χ0v) is 8.92. The lowest BCUT2D eigenvalue weighted by Gasteiger charge is -2.31. The molecule has 0 saturated heterocycles. The van der Waals surface area contributed by atoms with E-state index >= 15 is 0 Å². The van der Waals surface area contributed by atoms with E-state index < -0.39 is 0 Å². The van der Waals surface area contributed by atoms with Crippen LogP contribution in [-0.4, -0.2) is 30.6 Å². The van der Waals surface area contributed by atoms with Gasteiger partial charge in [0.2, 0.25) is 0 Å². The van der Waals surface area contributed by atoms with Gasteiger partial charge in [-0.1, -0.05) is 11.6 Å². The first-order valence-electron chi connectivity index (χ1n) is 5.33. The Hall–Kier alpha value is -0.340. The summed E-state index contributed by atoms with van der Waals surface area (Å²) in [5.41, 5.74) is 7.04. The van der Waals surface area contributed by atoms with E-state index in [1.165, 1.54) is 19.4 Å². The lowest BCUT2D eigenvalue weighted by Crippen LogP contribution is -2.36. The maximum atomic E-state index is 5.50. The molecule has 0 aromatic carbocycles. The fourth-order valence-electron chi connectivity index (χ4n) is 1.78. The Labute approximate surface area is 81.8 Å². The summed E-state index contributed by atoms with van der Waals surface area (Å²) >= 11 is 0. The fraction of sp³-hybridized carbons (Fsp3) is 0.818. The second-order valence-corrected chi connectivity index (χ2v) is 4.08. The largest absolute Gasteiger partial charge is 0.330 e. The second-order valence-electron chi connectivity index (χ2n) is 4.08. The van der Waals surface area contributed by atoms with Crippen molar-refractivity contribution in [2.75, 3.05) is 19.6 Å². The number of hydrogen-bond donors (Lipinski definition) is 1. The molecule has 0 fully saturated rings. The topological polar surface area (TPSA) is 29.3 Å². The van der Waals surface area contributed by atoms with Crippen LogP contribution in [0.5, 0.6) is 0 Å². The van der Waals surface area contributed by atoms with Crippen LogP contribution < -0.4 is 5.73 Å². The Morgan fingerprint density at radius 2 is 2.38 bits per heavy atom. The molecule has 2 N–H and O–H groups in total. The van der Waals surface area contributed by atoms with Gasteiger partial charge >= 0.3 is 0 Å². The number of rotatable bonds is 4. The normalized spacial score (nSPS) is 21.3. The molecule has 0 radical (unpaired) electrons. The molecule has 1 aliphatic heterocycles. The van der Waals surface area contributed by atoms with Crippen LogP contribution in [0.1, 0.15) is 33.1 Å². The molecule has 76 valence electrons. The molecule has 0 aromatic heterocycles. The van der Waals surface area contributed by atoms with Gasteiger partial charge in [0.1, 0.15) is 0 Å². The fourth-order valence-corrected chi connectivity index (χ4v) is 1.78. The van der Waals surface area contributed by atoms with E-state index in [-0.39, 0.29) is 0 Å². The summed E-state index contributed by atoms with van der Waals surface area (Å²) in [5, 5.41) is 0. The highest BCUT2D eigenvalue weighted by molar-refractivity contribution is 5.04. The molecule has 0 amide bonds. The van der Waals surface area contributed by atoms with Crippen molar-refractivity contribution in [2.45, 2.75) is 39.2 Å². The van der Waals surface area contributed by atoms with Gasteiger partial charge in [0.25, 0.3) is 0 Å². The summed E-state index contributed by atoms with van der Waals surface area (Å²) in [4.78, 5) is 2.54. The number of nitrogens with zero attached hydrogens (tertiary/aromatic N) is 1. The van der Waals surface area contributed by atoms with Gasteiger partial charge in [-0.15, -0.1) is 0 Å². The van der Waals surface area contributed by atoms with E-state index in [1.54, 1.807) is 5.57 Å². The van der Waals surface area contributed by atoms with Crippen LogP contribution in [0, 0.1) is 0 Å². The predicted octanol–water partition coefficient (Wildman–Crippen LogP) is 1.77. The van der Waals surface area contributed by atoms with Crippen LogP contribution in [0.3, 0.4) is 0 Å². The Morgan fingerprint density at radius 3 is 2.92 bits per heavy atom. The number of nitrogens with two attached hydrogens (primary N) is 1. The highest BCUT2D eigenvalue weighted by Crippen LogP contribution is 2.14. The molecule has 13 heavy (non-hydrogen) atoms. The van der Waals surface area contributed by atoms with Crippen LogP contribution >= 0.6 is 0 Å². The minimum atomic E-state index is 0.702. The molecular weight excluding hydrogens is 160 g/mol. The zero-order valence-electron chi connectivity index (χ0n) is 8.92. The maximum absolute atomic E-state index is 5.50. The van der Waals surface area contributed by atoms with Crippen LogP contribution in [-0.2, 0) is 0 Å². The summed E-state index contributed by atoms with van der Waals surface area (Å²) < 4.78 is 0. The minimum Gasteiger partial charge on any atom is -0.330 e. The molecule has 1 aliphatic rings. The summed E-state index contributed by atoms with van der Waals surface area (Å²) in [5.74, 6) is 0. The summed E-state index contributed by atoms with van der Waals surface area (Å²) in [6.45, 7) is 7.73. The molecule has 0 aliphatic carbocycles. The van der Waals surface area contributed by atoms with Gasteiger partial charge in [-0.2, -0.15) is 0 Å². The van der Waals surface area contributed by atoms with Crippen molar-refractivity contribution in [3.8, 4) is 0 Å². The van der Waals surface area contributed by atoms with Gasteiger partial charge in [-0.25, -0.2) is 0 Å². The average molecular weight is 182 g/mol. The number of hydrogen-bond acceptors (Lipinski definition) is 2. The Morgan fingerprint density at radius 1 is 1.62 bits per heavy atom. The summed E-state index contributed by atoms with van der Waals surface area (Å²) in [6.07, 6.45) is 5.99. The van der Waals surface area contributed by atoms with Gasteiger partial charge in [-0.3, -0.25) is 4.90 Å². The predicted molar refractivity (Wildman–Crippen MR) is 57.7 cm³/mol. The van der Waals surface area contributed by atoms with Gasteiger partial charge in [0, 0.05) is 19.1 Å². The van der Waals surface area contributed by atoms with Crippen molar-refractivity contribution < 1.29 is 0 Å². The van der Waals surface area contributed by atoms with Gasteiger partial charge in [0.15, 0.2) is 0 Å². The average Bonchev–Trinajstić information content (AvgIpc) is 2.15. The zero-order chi connectivity index (χ0) is 9.68.